The van der Waals surface area contributed by atoms with Gasteiger partial charge in [-0.2, -0.15) is 5.10 Å². The predicted octanol–water partition coefficient (Wildman–Crippen LogP) is 2.69. The maximum absolute atomic E-state index is 12.1. The first-order valence-corrected chi connectivity index (χ1v) is 9.19. The number of nitrogens with zero attached hydrogens (tertiary/aromatic N) is 2. The number of rotatable bonds is 7. The van der Waals surface area contributed by atoms with E-state index in [1.54, 1.807) is 36.1 Å². The Hall–Kier alpha value is -3.94. The van der Waals surface area contributed by atoms with Crippen LogP contribution in [0.25, 0.3) is 5.69 Å². The molecule has 0 fully saturated rings. The lowest BCUT2D eigenvalue weighted by molar-refractivity contribution is -0.146. The lowest BCUT2D eigenvalue weighted by Crippen LogP contribution is -2.22. The zero-order valence-corrected chi connectivity index (χ0v) is 16.6. The van der Waals surface area contributed by atoms with Gasteiger partial charge in [-0.3, -0.25) is 9.59 Å². The van der Waals surface area contributed by atoms with E-state index in [0.29, 0.717) is 16.8 Å². The molecule has 0 saturated heterocycles. The average molecular weight is 407 g/mol. The van der Waals surface area contributed by atoms with Crippen LogP contribution in [0.2, 0.25) is 0 Å². The van der Waals surface area contributed by atoms with Crippen molar-refractivity contribution in [2.45, 2.75) is 13.3 Å². The van der Waals surface area contributed by atoms with Crippen LogP contribution in [0, 0.1) is 6.92 Å². The minimum Gasteiger partial charge on any atom is -0.465 e. The number of ether oxygens (including phenoxy) is 2. The van der Waals surface area contributed by atoms with Crippen LogP contribution in [0.4, 0.5) is 5.69 Å². The van der Waals surface area contributed by atoms with Gasteiger partial charge in [0.25, 0.3) is 5.91 Å². The predicted molar refractivity (Wildman–Crippen MR) is 109 cm³/mol. The van der Waals surface area contributed by atoms with E-state index in [4.69, 9.17) is 4.74 Å². The molecule has 30 heavy (non-hydrogen) atoms. The fourth-order valence-corrected chi connectivity index (χ4v) is 2.72. The first kappa shape index (κ1) is 20.8. The fourth-order valence-electron chi connectivity index (χ4n) is 2.72. The molecular weight excluding hydrogens is 386 g/mol. The Morgan fingerprint density at radius 3 is 2.60 bits per heavy atom. The van der Waals surface area contributed by atoms with Crippen molar-refractivity contribution in [3.8, 4) is 5.69 Å². The quantitative estimate of drug-likeness (QED) is 0.605. The molecule has 0 spiro atoms. The van der Waals surface area contributed by atoms with Gasteiger partial charge in [0.15, 0.2) is 6.61 Å². The normalized spacial score (nSPS) is 10.3. The molecule has 3 aromatic rings. The number of para-hydroxylation sites is 1. The summed E-state index contributed by atoms with van der Waals surface area (Å²) in [7, 11) is 1.28. The molecule has 1 N–H and O–H groups in total. The third-order valence-electron chi connectivity index (χ3n) is 4.30. The molecule has 154 valence electrons. The van der Waals surface area contributed by atoms with Gasteiger partial charge in [0.2, 0.25) is 0 Å². The van der Waals surface area contributed by atoms with Crippen molar-refractivity contribution >= 4 is 23.5 Å². The number of aromatic nitrogens is 2. The topological polar surface area (TPSA) is 99.5 Å². The van der Waals surface area contributed by atoms with Crippen molar-refractivity contribution in [2.75, 3.05) is 19.0 Å². The van der Waals surface area contributed by atoms with Gasteiger partial charge in [-0.05, 0) is 36.8 Å². The number of carbonyl (C=O) groups excluding carboxylic acids is 3. The standard InChI is InChI=1S/C22H21N3O5/c1-15-8-9-17(22(28)29-2)11-19(15)24-20(26)14-30-21(27)10-16-12-23-25(13-16)18-6-4-3-5-7-18/h3-9,11-13H,10,14H2,1-2H3,(H,24,26). The third kappa shape index (κ3) is 5.32. The highest BCUT2D eigenvalue weighted by Crippen LogP contribution is 2.17. The number of hydrogen-bond donors (Lipinski definition) is 1. The van der Waals surface area contributed by atoms with Crippen LogP contribution in [-0.4, -0.2) is 41.3 Å². The molecule has 8 nitrogen and oxygen atoms in total. The highest BCUT2D eigenvalue weighted by Gasteiger charge is 2.13. The first-order chi connectivity index (χ1) is 14.5. The van der Waals surface area contributed by atoms with E-state index in [1.807, 2.05) is 30.3 Å². The zero-order valence-electron chi connectivity index (χ0n) is 16.6. The van der Waals surface area contributed by atoms with Gasteiger partial charge in [-0.25, -0.2) is 9.48 Å². The van der Waals surface area contributed by atoms with E-state index < -0.39 is 24.5 Å². The van der Waals surface area contributed by atoms with Gasteiger partial charge in [-0.1, -0.05) is 24.3 Å². The summed E-state index contributed by atoms with van der Waals surface area (Å²) in [6.45, 7) is 1.35. The number of esters is 2. The highest BCUT2D eigenvalue weighted by molar-refractivity contribution is 5.96. The molecular formula is C22H21N3O5. The van der Waals surface area contributed by atoms with Crippen LogP contribution in [0.5, 0.6) is 0 Å². The summed E-state index contributed by atoms with van der Waals surface area (Å²) in [6, 6.07) is 14.3. The largest absolute Gasteiger partial charge is 0.465 e. The minimum absolute atomic E-state index is 0.00301. The van der Waals surface area contributed by atoms with Gasteiger partial charge >= 0.3 is 11.9 Å². The number of anilines is 1. The number of benzene rings is 2. The molecule has 0 aliphatic carbocycles. The summed E-state index contributed by atoms with van der Waals surface area (Å²) in [5, 5.41) is 6.86. The Bertz CT molecular complexity index is 1060. The molecule has 1 aromatic heterocycles. The van der Waals surface area contributed by atoms with Crippen molar-refractivity contribution in [2.24, 2.45) is 0 Å². The Balaban J connectivity index is 1.52. The van der Waals surface area contributed by atoms with Gasteiger partial charge in [0.1, 0.15) is 0 Å². The molecule has 3 rings (SSSR count). The second kappa shape index (κ2) is 9.51. The summed E-state index contributed by atoms with van der Waals surface area (Å²) in [5.74, 6) is -1.56. The summed E-state index contributed by atoms with van der Waals surface area (Å²) in [6.07, 6.45) is 3.31. The third-order valence-corrected chi connectivity index (χ3v) is 4.30. The smallest absolute Gasteiger partial charge is 0.337 e. The summed E-state index contributed by atoms with van der Waals surface area (Å²) >= 11 is 0. The Labute approximate surface area is 173 Å². The summed E-state index contributed by atoms with van der Waals surface area (Å²) < 4.78 is 11.4. The average Bonchev–Trinajstić information content (AvgIpc) is 3.22. The molecule has 0 unspecified atom stereocenters. The van der Waals surface area contributed by atoms with Crippen molar-refractivity contribution in [3.05, 3.63) is 77.6 Å². The molecule has 2 aromatic carbocycles. The zero-order chi connectivity index (χ0) is 21.5. The SMILES string of the molecule is COC(=O)c1ccc(C)c(NC(=O)COC(=O)Cc2cnn(-c3ccccc3)c2)c1. The summed E-state index contributed by atoms with van der Waals surface area (Å²) in [5.41, 5.74) is 3.07. The Kier molecular flexibility index (Phi) is 6.59. The number of carbonyl (C=O) groups is 3. The van der Waals surface area contributed by atoms with E-state index in [1.165, 1.54) is 13.2 Å². The Morgan fingerprint density at radius 1 is 1.10 bits per heavy atom. The van der Waals surface area contributed by atoms with Crippen molar-refractivity contribution < 1.29 is 23.9 Å². The lowest BCUT2D eigenvalue weighted by atomic mass is 10.1. The van der Waals surface area contributed by atoms with Gasteiger partial charge in [0.05, 0.1) is 31.0 Å². The monoisotopic (exact) mass is 407 g/mol. The molecule has 0 atom stereocenters. The minimum atomic E-state index is -0.544. The van der Waals surface area contributed by atoms with Gasteiger partial charge < -0.3 is 14.8 Å². The van der Waals surface area contributed by atoms with Crippen LogP contribution in [0.1, 0.15) is 21.5 Å². The van der Waals surface area contributed by atoms with E-state index in [0.717, 1.165) is 11.3 Å². The number of aryl methyl sites for hydroxylation is 1. The van der Waals surface area contributed by atoms with Crippen molar-refractivity contribution in [3.63, 3.8) is 0 Å². The van der Waals surface area contributed by atoms with Crippen LogP contribution < -0.4 is 5.32 Å². The fraction of sp³-hybridized carbons (Fsp3) is 0.182. The molecule has 0 radical (unpaired) electrons. The molecule has 0 bridgehead atoms. The molecule has 1 amide bonds. The second-order valence-corrected chi connectivity index (χ2v) is 6.54. The van der Waals surface area contributed by atoms with Crippen molar-refractivity contribution in [1.82, 2.24) is 9.78 Å². The lowest BCUT2D eigenvalue weighted by Gasteiger charge is -2.10. The van der Waals surface area contributed by atoms with E-state index >= 15 is 0 Å². The molecule has 0 aliphatic heterocycles. The Morgan fingerprint density at radius 2 is 1.87 bits per heavy atom. The maximum atomic E-state index is 12.1. The number of methoxy groups -OCH3 is 1. The van der Waals surface area contributed by atoms with Gasteiger partial charge in [0, 0.05) is 17.4 Å². The van der Waals surface area contributed by atoms with Crippen molar-refractivity contribution in [1.29, 1.82) is 0 Å². The molecule has 0 saturated carbocycles. The highest BCUT2D eigenvalue weighted by atomic mass is 16.5. The van der Waals surface area contributed by atoms with Crippen LogP contribution in [0.3, 0.4) is 0 Å². The summed E-state index contributed by atoms with van der Waals surface area (Å²) in [4.78, 5) is 35.8. The number of amides is 1. The van der Waals surface area contributed by atoms with E-state index in [9.17, 15) is 14.4 Å². The molecule has 0 aliphatic rings. The van der Waals surface area contributed by atoms with E-state index in [2.05, 4.69) is 15.2 Å². The first-order valence-electron chi connectivity index (χ1n) is 9.19. The second-order valence-electron chi connectivity index (χ2n) is 6.54. The number of nitrogens with one attached hydrogen (secondary N) is 1. The molecule has 8 heteroatoms. The maximum Gasteiger partial charge on any atom is 0.337 e. The van der Waals surface area contributed by atoms with Crippen LogP contribution in [-0.2, 0) is 25.5 Å². The molecule has 1 heterocycles. The van der Waals surface area contributed by atoms with Gasteiger partial charge in [-0.15, -0.1) is 0 Å². The van der Waals surface area contributed by atoms with E-state index in [-0.39, 0.29) is 6.42 Å². The number of hydrogen-bond acceptors (Lipinski definition) is 6. The van der Waals surface area contributed by atoms with Crippen LogP contribution in [0.15, 0.2) is 60.9 Å². The van der Waals surface area contributed by atoms with Crippen LogP contribution >= 0.6 is 0 Å².